The maximum Gasteiger partial charge on any atom is 0.256 e. The molecule has 0 aliphatic carbocycles. The van der Waals surface area contributed by atoms with Gasteiger partial charge in [-0.25, -0.2) is 0 Å². The topological polar surface area (TPSA) is 88.2 Å². The van der Waals surface area contributed by atoms with Crippen molar-refractivity contribution < 1.29 is 23.9 Å². The smallest absolute Gasteiger partial charge is 0.256 e. The van der Waals surface area contributed by atoms with E-state index in [4.69, 9.17) is 21.1 Å². The van der Waals surface area contributed by atoms with Gasteiger partial charge in [-0.05, 0) is 37.1 Å². The van der Waals surface area contributed by atoms with Gasteiger partial charge in [0.25, 0.3) is 11.8 Å². The summed E-state index contributed by atoms with van der Waals surface area (Å²) in [7, 11) is 0. The van der Waals surface area contributed by atoms with Gasteiger partial charge in [0.05, 0.1) is 23.3 Å². The Morgan fingerprint density at radius 1 is 1.00 bits per heavy atom. The van der Waals surface area contributed by atoms with Crippen LogP contribution in [-0.4, -0.2) is 78.2 Å². The van der Waals surface area contributed by atoms with E-state index in [1.165, 1.54) is 0 Å². The number of hydrogen-bond acceptors (Lipinski definition) is 5. The maximum atomic E-state index is 13.7. The molecule has 0 radical (unpaired) electrons. The summed E-state index contributed by atoms with van der Waals surface area (Å²) in [6.45, 7) is 1.99. The third kappa shape index (κ3) is 4.85. The number of ether oxygens (including phenoxy) is 2. The predicted octanol–water partition coefficient (Wildman–Crippen LogP) is 3.11. The summed E-state index contributed by atoms with van der Waals surface area (Å²) in [5.74, 6) is -0.655. The quantitative estimate of drug-likeness (QED) is 0.666. The molecule has 2 atom stereocenters. The summed E-state index contributed by atoms with van der Waals surface area (Å²) in [6, 6.07) is 15.1. The van der Waals surface area contributed by atoms with E-state index in [-0.39, 0.29) is 30.4 Å². The minimum atomic E-state index is -0.962. The number of benzene rings is 2. The van der Waals surface area contributed by atoms with Gasteiger partial charge in [-0.2, -0.15) is 0 Å². The summed E-state index contributed by atoms with van der Waals surface area (Å²) >= 11 is 6.24. The minimum Gasteiger partial charge on any atom is -0.376 e. The summed E-state index contributed by atoms with van der Waals surface area (Å²) in [4.78, 5) is 43.4. The Morgan fingerprint density at radius 3 is 2.42 bits per heavy atom. The summed E-state index contributed by atoms with van der Waals surface area (Å²) in [6.07, 6.45) is 2.70. The summed E-state index contributed by atoms with van der Waals surface area (Å²) < 4.78 is 11.9. The molecule has 0 bridgehead atoms. The van der Waals surface area contributed by atoms with Crippen LogP contribution >= 0.6 is 11.6 Å². The van der Waals surface area contributed by atoms with Crippen LogP contribution in [0.25, 0.3) is 0 Å². The molecule has 1 N–H and O–H groups in total. The maximum absolute atomic E-state index is 13.7. The van der Waals surface area contributed by atoms with E-state index in [2.05, 4.69) is 5.32 Å². The first-order valence-corrected chi connectivity index (χ1v) is 12.8. The minimum absolute atomic E-state index is 0.00238. The molecule has 0 unspecified atom stereocenters. The highest BCUT2D eigenvalue weighted by Crippen LogP contribution is 2.39. The van der Waals surface area contributed by atoms with Crippen molar-refractivity contribution in [1.82, 2.24) is 15.1 Å². The van der Waals surface area contributed by atoms with Crippen molar-refractivity contribution in [3.63, 3.8) is 0 Å². The van der Waals surface area contributed by atoms with Crippen LogP contribution < -0.4 is 5.32 Å². The molecule has 2 aromatic rings. The molecule has 1 spiro atoms. The van der Waals surface area contributed by atoms with Crippen molar-refractivity contribution in [2.24, 2.45) is 0 Å². The Kier molecular flexibility index (Phi) is 7.27. The fraction of sp³-hybridized carbons (Fsp3) is 0.444. The molecule has 190 valence electrons. The Hall–Kier alpha value is -2.94. The Bertz CT molecular complexity index is 1110. The van der Waals surface area contributed by atoms with Gasteiger partial charge in [0.15, 0.2) is 0 Å². The van der Waals surface area contributed by atoms with Crippen molar-refractivity contribution in [3.8, 4) is 0 Å². The lowest BCUT2D eigenvalue weighted by Crippen LogP contribution is -2.60. The number of halogens is 1. The molecule has 3 saturated heterocycles. The van der Waals surface area contributed by atoms with Gasteiger partial charge in [0.2, 0.25) is 5.91 Å². The molecular formula is C27H30ClN3O5. The second-order valence-electron chi connectivity index (χ2n) is 9.47. The molecule has 36 heavy (non-hydrogen) atoms. The zero-order chi connectivity index (χ0) is 25.1. The Morgan fingerprint density at radius 2 is 1.72 bits per heavy atom. The normalized spacial score (nSPS) is 23.1. The van der Waals surface area contributed by atoms with Crippen molar-refractivity contribution in [2.75, 3.05) is 32.8 Å². The number of rotatable bonds is 5. The van der Waals surface area contributed by atoms with E-state index in [1.54, 1.807) is 58.3 Å². The largest absolute Gasteiger partial charge is 0.376 e. The Balaban J connectivity index is 1.34. The van der Waals surface area contributed by atoms with Crippen molar-refractivity contribution in [1.29, 1.82) is 0 Å². The first-order valence-electron chi connectivity index (χ1n) is 12.4. The highest BCUT2D eigenvalue weighted by Gasteiger charge is 2.54. The summed E-state index contributed by atoms with van der Waals surface area (Å²) in [5, 5.41) is 3.37. The van der Waals surface area contributed by atoms with E-state index in [1.807, 2.05) is 6.07 Å². The lowest BCUT2D eigenvalue weighted by atomic mass is 9.96. The third-order valence-corrected chi connectivity index (χ3v) is 7.60. The number of carbonyl (C=O) groups is 3. The van der Waals surface area contributed by atoms with Crippen LogP contribution in [-0.2, 0) is 14.3 Å². The molecule has 8 nitrogen and oxygen atoms in total. The van der Waals surface area contributed by atoms with Gasteiger partial charge < -0.3 is 19.7 Å². The second-order valence-corrected chi connectivity index (χ2v) is 9.87. The average Bonchev–Trinajstić information content (AvgIpc) is 3.56. The lowest BCUT2D eigenvalue weighted by molar-refractivity contribution is -0.128. The predicted molar refractivity (Wildman–Crippen MR) is 134 cm³/mol. The zero-order valence-corrected chi connectivity index (χ0v) is 20.8. The average molecular weight is 512 g/mol. The highest BCUT2D eigenvalue weighted by atomic mass is 35.5. The van der Waals surface area contributed by atoms with Crippen LogP contribution in [0.4, 0.5) is 0 Å². The van der Waals surface area contributed by atoms with Crippen molar-refractivity contribution >= 4 is 29.3 Å². The monoisotopic (exact) mass is 511 g/mol. The van der Waals surface area contributed by atoms with E-state index in [0.29, 0.717) is 55.2 Å². The van der Waals surface area contributed by atoms with Gasteiger partial charge in [0.1, 0.15) is 11.8 Å². The number of likely N-dealkylation sites (tertiary alicyclic amines) is 1. The molecular weight excluding hydrogens is 482 g/mol. The fourth-order valence-corrected chi connectivity index (χ4v) is 5.51. The number of amides is 3. The number of piperidine rings is 1. The molecule has 0 aromatic heterocycles. The van der Waals surface area contributed by atoms with Gasteiger partial charge in [-0.3, -0.25) is 19.3 Å². The van der Waals surface area contributed by atoms with Crippen LogP contribution in [0.1, 0.15) is 46.4 Å². The SMILES string of the molecule is O=C(NC[C@@H]1CCCO1)[C@H]1COC2(CCN(C(=O)c3ccccc3Cl)CC2)N1C(=O)c1ccccc1. The standard InChI is InChI=1S/C27H30ClN3O5/c28-22-11-5-4-10-21(22)26(34)30-14-12-27(13-15-30)31(25(33)19-7-2-1-3-8-19)23(18-36-27)24(32)29-17-20-9-6-16-35-20/h1-5,7-8,10-11,20,23H,6,9,12-18H2,(H,29,32)/t20-,23+/m0/s1. The number of nitrogens with zero attached hydrogens (tertiary/aromatic N) is 2. The molecule has 3 heterocycles. The van der Waals surface area contributed by atoms with E-state index >= 15 is 0 Å². The van der Waals surface area contributed by atoms with Crippen LogP contribution in [0.15, 0.2) is 54.6 Å². The molecule has 3 aliphatic heterocycles. The van der Waals surface area contributed by atoms with Gasteiger partial charge in [-0.15, -0.1) is 0 Å². The summed E-state index contributed by atoms with van der Waals surface area (Å²) in [5.41, 5.74) is -0.0179. The molecule has 3 aliphatic rings. The first kappa shape index (κ1) is 24.7. The number of nitrogens with one attached hydrogen (secondary N) is 1. The van der Waals surface area contributed by atoms with Gasteiger partial charge in [-0.1, -0.05) is 41.9 Å². The van der Waals surface area contributed by atoms with E-state index in [9.17, 15) is 14.4 Å². The van der Waals surface area contributed by atoms with Crippen LogP contribution in [0.3, 0.4) is 0 Å². The van der Waals surface area contributed by atoms with Gasteiger partial charge >= 0.3 is 0 Å². The lowest BCUT2D eigenvalue weighted by Gasteiger charge is -2.44. The molecule has 5 rings (SSSR count). The first-order chi connectivity index (χ1) is 17.5. The molecule has 3 fully saturated rings. The van der Waals surface area contributed by atoms with Crippen LogP contribution in [0, 0.1) is 0 Å². The Labute approximate surface area is 215 Å². The van der Waals surface area contributed by atoms with Crippen LogP contribution in [0.5, 0.6) is 0 Å². The fourth-order valence-electron chi connectivity index (χ4n) is 5.29. The van der Waals surface area contributed by atoms with Crippen LogP contribution in [0.2, 0.25) is 5.02 Å². The number of hydrogen-bond donors (Lipinski definition) is 1. The molecule has 9 heteroatoms. The molecule has 3 amide bonds. The number of carbonyl (C=O) groups excluding carboxylic acids is 3. The highest BCUT2D eigenvalue weighted by molar-refractivity contribution is 6.33. The second kappa shape index (κ2) is 10.6. The zero-order valence-electron chi connectivity index (χ0n) is 20.0. The van der Waals surface area contributed by atoms with Crippen molar-refractivity contribution in [2.45, 2.75) is 43.6 Å². The molecule has 0 saturated carbocycles. The van der Waals surface area contributed by atoms with E-state index in [0.717, 1.165) is 12.8 Å². The third-order valence-electron chi connectivity index (χ3n) is 7.27. The van der Waals surface area contributed by atoms with Gasteiger partial charge in [0, 0.05) is 44.6 Å². The molecule has 2 aromatic carbocycles. The van der Waals surface area contributed by atoms with E-state index < -0.39 is 11.8 Å². The van der Waals surface area contributed by atoms with Crippen molar-refractivity contribution in [3.05, 3.63) is 70.7 Å².